The van der Waals surface area contributed by atoms with E-state index in [0.717, 1.165) is 0 Å². The van der Waals surface area contributed by atoms with E-state index in [1.807, 2.05) is 0 Å². The Morgan fingerprint density at radius 3 is 2.72 bits per heavy atom. The highest BCUT2D eigenvalue weighted by Gasteiger charge is 2.34. The summed E-state index contributed by atoms with van der Waals surface area (Å²) in [5, 5.41) is 9.98. The largest absolute Gasteiger partial charge is 0.467 e. The molecule has 0 saturated carbocycles. The molecule has 1 N–H and O–H groups in total. The zero-order valence-electron chi connectivity index (χ0n) is 10.6. The van der Waals surface area contributed by atoms with Crippen molar-refractivity contribution in [2.24, 2.45) is 0 Å². The van der Waals surface area contributed by atoms with Gasteiger partial charge in [0.25, 0.3) is 0 Å². The van der Waals surface area contributed by atoms with Crippen LogP contribution in [0.5, 0.6) is 0 Å². The van der Waals surface area contributed by atoms with Gasteiger partial charge in [-0.3, -0.25) is 0 Å². The summed E-state index contributed by atoms with van der Waals surface area (Å²) >= 11 is 0. The van der Waals surface area contributed by atoms with Gasteiger partial charge in [0.15, 0.2) is 0 Å². The van der Waals surface area contributed by atoms with E-state index in [0.29, 0.717) is 17.1 Å². The van der Waals surface area contributed by atoms with E-state index in [4.69, 9.17) is 13.9 Å². The molecule has 0 fully saturated rings. The van der Waals surface area contributed by atoms with Gasteiger partial charge in [0.05, 0.1) is 11.8 Å². The molecular formula is C13H16O5. The minimum absolute atomic E-state index is 0.178. The highest BCUT2D eigenvalue weighted by molar-refractivity contribution is 5.89. The van der Waals surface area contributed by atoms with E-state index in [2.05, 4.69) is 0 Å². The molecule has 2 rings (SSSR count). The summed E-state index contributed by atoms with van der Waals surface area (Å²) in [6.45, 7) is 4.91. The van der Waals surface area contributed by atoms with Crippen LogP contribution in [0.15, 0.2) is 34.1 Å². The maximum atomic E-state index is 11.6. The predicted molar refractivity (Wildman–Crippen MR) is 62.2 cm³/mol. The Hall–Kier alpha value is -1.75. The fourth-order valence-corrected chi connectivity index (χ4v) is 1.76. The highest BCUT2D eigenvalue weighted by atomic mass is 16.7. The van der Waals surface area contributed by atoms with Gasteiger partial charge in [-0.2, -0.15) is 0 Å². The molecule has 1 aliphatic heterocycles. The molecule has 1 aromatic rings. The molecule has 1 aliphatic rings. The Labute approximate surface area is 105 Å². The number of aliphatic hydroxyl groups is 1. The van der Waals surface area contributed by atoms with E-state index >= 15 is 0 Å². The summed E-state index contributed by atoms with van der Waals surface area (Å²) in [6, 6.07) is 3.37. The van der Waals surface area contributed by atoms with Crippen molar-refractivity contribution in [1.29, 1.82) is 0 Å². The first-order valence-electron chi connectivity index (χ1n) is 5.72. The maximum Gasteiger partial charge on any atom is 0.340 e. The summed E-state index contributed by atoms with van der Waals surface area (Å²) in [4.78, 5) is 11.6. The molecule has 0 amide bonds. The van der Waals surface area contributed by atoms with E-state index in [9.17, 15) is 9.90 Å². The van der Waals surface area contributed by atoms with Crippen LogP contribution in [-0.4, -0.2) is 16.9 Å². The van der Waals surface area contributed by atoms with Crippen LogP contribution < -0.4 is 0 Å². The molecule has 0 unspecified atom stereocenters. The monoisotopic (exact) mass is 252 g/mol. The number of cyclic esters (lactones) is 1. The van der Waals surface area contributed by atoms with E-state index in [1.165, 1.54) is 6.26 Å². The fraction of sp³-hybridized carbons (Fsp3) is 0.462. The van der Waals surface area contributed by atoms with Crippen molar-refractivity contribution in [2.75, 3.05) is 0 Å². The minimum Gasteiger partial charge on any atom is -0.467 e. The van der Waals surface area contributed by atoms with Crippen LogP contribution >= 0.6 is 0 Å². The molecular weight excluding hydrogens is 236 g/mol. The molecule has 0 bridgehead atoms. The smallest absolute Gasteiger partial charge is 0.340 e. The van der Waals surface area contributed by atoms with Gasteiger partial charge in [-0.1, -0.05) is 0 Å². The van der Waals surface area contributed by atoms with Gasteiger partial charge in [0.2, 0.25) is 5.79 Å². The second kappa shape index (κ2) is 4.49. The number of ether oxygens (including phenoxy) is 2. The van der Waals surface area contributed by atoms with E-state index in [1.54, 1.807) is 32.9 Å². The van der Waals surface area contributed by atoms with Crippen LogP contribution in [0.25, 0.3) is 0 Å². The normalized spacial score (nSPS) is 20.3. The third-order valence-corrected chi connectivity index (χ3v) is 2.68. The summed E-state index contributed by atoms with van der Waals surface area (Å²) in [7, 11) is 0. The van der Waals surface area contributed by atoms with Crippen molar-refractivity contribution in [3.05, 3.63) is 35.5 Å². The number of aliphatic hydroxyl groups excluding tert-OH is 1. The molecule has 0 aromatic carbocycles. The summed E-state index contributed by atoms with van der Waals surface area (Å²) in [6.07, 6.45) is 0.823. The van der Waals surface area contributed by atoms with Crippen LogP contribution in [0.4, 0.5) is 0 Å². The molecule has 5 heteroatoms. The van der Waals surface area contributed by atoms with Gasteiger partial charge < -0.3 is 19.0 Å². The Kier molecular flexibility index (Phi) is 3.17. The van der Waals surface area contributed by atoms with E-state index < -0.39 is 17.9 Å². The predicted octanol–water partition coefficient (Wildman–Crippen LogP) is 2.29. The molecule has 1 aromatic heterocycles. The molecule has 98 valence electrons. The average Bonchev–Trinajstić information content (AvgIpc) is 2.77. The number of rotatable bonds is 3. The number of hydrogen-bond donors (Lipinski definition) is 1. The van der Waals surface area contributed by atoms with Crippen LogP contribution in [0.2, 0.25) is 0 Å². The number of furan rings is 1. The highest BCUT2D eigenvalue weighted by Crippen LogP contribution is 2.32. The van der Waals surface area contributed by atoms with Gasteiger partial charge in [-0.05, 0) is 19.1 Å². The topological polar surface area (TPSA) is 68.9 Å². The molecule has 2 heterocycles. The van der Waals surface area contributed by atoms with Gasteiger partial charge in [-0.25, -0.2) is 4.79 Å². The van der Waals surface area contributed by atoms with Crippen molar-refractivity contribution in [3.8, 4) is 0 Å². The molecule has 1 atom stereocenters. The van der Waals surface area contributed by atoms with Crippen LogP contribution in [0.1, 0.15) is 39.1 Å². The lowest BCUT2D eigenvalue weighted by atomic mass is 10.1. The number of carbonyl (C=O) groups is 1. The van der Waals surface area contributed by atoms with Crippen molar-refractivity contribution in [1.82, 2.24) is 0 Å². The number of hydrogen-bond acceptors (Lipinski definition) is 5. The Morgan fingerprint density at radius 1 is 1.39 bits per heavy atom. The van der Waals surface area contributed by atoms with Crippen LogP contribution in [0.3, 0.4) is 0 Å². The minimum atomic E-state index is -1.01. The quantitative estimate of drug-likeness (QED) is 0.836. The van der Waals surface area contributed by atoms with Gasteiger partial charge >= 0.3 is 5.97 Å². The first-order chi connectivity index (χ1) is 8.39. The molecule has 0 spiro atoms. The van der Waals surface area contributed by atoms with Crippen molar-refractivity contribution < 1.29 is 23.8 Å². The van der Waals surface area contributed by atoms with Gasteiger partial charge in [0, 0.05) is 20.3 Å². The molecule has 5 nitrogen and oxygen atoms in total. The van der Waals surface area contributed by atoms with Crippen molar-refractivity contribution in [2.45, 2.75) is 39.1 Å². The lowest BCUT2D eigenvalue weighted by Gasteiger charge is -2.33. The van der Waals surface area contributed by atoms with Crippen LogP contribution in [-0.2, 0) is 14.3 Å². The second-order valence-corrected chi connectivity index (χ2v) is 4.67. The van der Waals surface area contributed by atoms with E-state index in [-0.39, 0.29) is 6.42 Å². The zero-order chi connectivity index (χ0) is 13.3. The van der Waals surface area contributed by atoms with Crippen molar-refractivity contribution >= 4 is 5.97 Å². The summed E-state index contributed by atoms with van der Waals surface area (Å²) in [5.41, 5.74) is 0.375. The Bertz CT molecular complexity index is 470. The fourth-order valence-electron chi connectivity index (χ4n) is 1.76. The molecule has 0 radical (unpaired) electrons. The number of carbonyl (C=O) groups excluding carboxylic acids is 1. The Morgan fingerprint density at radius 2 is 2.11 bits per heavy atom. The lowest BCUT2D eigenvalue weighted by molar-refractivity contribution is -0.209. The third kappa shape index (κ3) is 2.56. The summed E-state index contributed by atoms with van der Waals surface area (Å²) in [5.74, 6) is -0.557. The first-order valence-corrected chi connectivity index (χ1v) is 5.72. The molecule has 0 saturated heterocycles. The number of esters is 1. The maximum absolute atomic E-state index is 11.6. The summed E-state index contributed by atoms with van der Waals surface area (Å²) < 4.78 is 15.7. The third-order valence-electron chi connectivity index (χ3n) is 2.68. The van der Waals surface area contributed by atoms with Crippen LogP contribution in [0, 0.1) is 0 Å². The first kappa shape index (κ1) is 12.7. The van der Waals surface area contributed by atoms with Gasteiger partial charge in [0.1, 0.15) is 17.6 Å². The SMILES string of the molecule is CC1=C(C[C@@H](O)c2ccco2)OC(C)(C)OC1=O. The second-order valence-electron chi connectivity index (χ2n) is 4.67. The van der Waals surface area contributed by atoms with Gasteiger partial charge in [-0.15, -0.1) is 0 Å². The zero-order valence-corrected chi connectivity index (χ0v) is 10.6. The lowest BCUT2D eigenvalue weighted by Crippen LogP contribution is -2.36. The Balaban J connectivity index is 2.17. The standard InChI is InChI=1S/C13H16O5/c1-8-11(17-13(2,3)18-12(8)15)7-9(14)10-5-4-6-16-10/h4-6,9,14H,7H2,1-3H3/t9-/m1/s1. The average molecular weight is 252 g/mol. The molecule has 18 heavy (non-hydrogen) atoms. The van der Waals surface area contributed by atoms with Crippen molar-refractivity contribution in [3.63, 3.8) is 0 Å². The molecule has 0 aliphatic carbocycles.